The number of fused-ring (bicyclic) bond motifs is 3. The number of aryl methyl sites for hydroxylation is 1. The van der Waals surface area contributed by atoms with Crippen LogP contribution in [-0.2, 0) is 6.42 Å². The van der Waals surface area contributed by atoms with E-state index in [1.165, 1.54) is 22.5 Å². The van der Waals surface area contributed by atoms with Crippen molar-refractivity contribution in [1.82, 2.24) is 4.57 Å². The molecule has 5 nitrogen and oxygen atoms in total. The van der Waals surface area contributed by atoms with Crippen LogP contribution in [0.2, 0.25) is 0 Å². The van der Waals surface area contributed by atoms with E-state index in [1.807, 2.05) is 41.8 Å². The zero-order chi connectivity index (χ0) is 23.9. The van der Waals surface area contributed by atoms with Crippen LogP contribution in [0.5, 0.6) is 11.5 Å². The number of nitrogens with zero attached hydrogens (tertiary/aromatic N) is 2. The lowest BCUT2D eigenvalue weighted by molar-refractivity contribution is 0.340. The van der Waals surface area contributed by atoms with Crippen molar-refractivity contribution in [3.8, 4) is 11.5 Å². The molecule has 0 radical (unpaired) electrons. The molecule has 6 rings (SSSR count). The van der Waals surface area contributed by atoms with E-state index in [1.54, 1.807) is 18.2 Å². The summed E-state index contributed by atoms with van der Waals surface area (Å²) in [4.78, 5) is 19.5. The lowest BCUT2D eigenvalue weighted by atomic mass is 9.83. The Morgan fingerprint density at radius 2 is 1.91 bits per heavy atom. The summed E-state index contributed by atoms with van der Waals surface area (Å²) in [6.07, 6.45) is 3.60. The van der Waals surface area contributed by atoms with Gasteiger partial charge in [-0.15, -0.1) is 0 Å². The first-order valence-corrected chi connectivity index (χ1v) is 12.6. The van der Waals surface area contributed by atoms with E-state index in [2.05, 4.69) is 30.3 Å². The molecule has 3 aromatic carbocycles. The van der Waals surface area contributed by atoms with Crippen molar-refractivity contribution in [3.05, 3.63) is 120 Å². The third-order valence-corrected chi connectivity index (χ3v) is 7.53. The van der Waals surface area contributed by atoms with Crippen LogP contribution < -0.4 is 19.6 Å². The number of rotatable bonds is 4. The standard InChI is InChI=1S/C29H24N2O3S/c1-2-34-22-13-10-20(11-14-22)27-24-15-12-19-7-3-4-9-23(19)26(24)30-29-31(27)28(33)25(35-29)17-18-6-5-8-21(32)16-18/h3-11,13-14,16-17,27,32H,2,12,15H2,1H3/b25-17-/t27-/m0/s1. The fourth-order valence-corrected chi connectivity index (χ4v) is 6.00. The highest BCUT2D eigenvalue weighted by Crippen LogP contribution is 2.41. The zero-order valence-electron chi connectivity index (χ0n) is 19.3. The monoisotopic (exact) mass is 480 g/mol. The maximum absolute atomic E-state index is 13.7. The molecule has 0 spiro atoms. The highest BCUT2D eigenvalue weighted by atomic mass is 32.1. The molecular formula is C29H24N2O3S. The SMILES string of the molecule is CCOc1ccc([C@H]2C3=C(N=c4s/c(=C\c5cccc(O)c5)c(=O)n42)c2ccccc2CC3)cc1. The fourth-order valence-electron chi connectivity index (χ4n) is 5.00. The van der Waals surface area contributed by atoms with Gasteiger partial charge in [-0.2, -0.15) is 0 Å². The van der Waals surface area contributed by atoms with Gasteiger partial charge in [-0.3, -0.25) is 9.36 Å². The highest BCUT2D eigenvalue weighted by Gasteiger charge is 2.32. The molecule has 2 heterocycles. The Morgan fingerprint density at radius 3 is 2.71 bits per heavy atom. The molecular weight excluding hydrogens is 456 g/mol. The summed E-state index contributed by atoms with van der Waals surface area (Å²) in [5.41, 5.74) is 6.35. The molecule has 0 unspecified atom stereocenters. The van der Waals surface area contributed by atoms with Gasteiger partial charge in [0.05, 0.1) is 22.9 Å². The molecule has 0 amide bonds. The van der Waals surface area contributed by atoms with Crippen molar-refractivity contribution >= 4 is 23.1 Å². The zero-order valence-corrected chi connectivity index (χ0v) is 20.1. The minimum atomic E-state index is -0.225. The first kappa shape index (κ1) is 21.6. The molecule has 6 heteroatoms. The number of ether oxygens (including phenoxy) is 1. The van der Waals surface area contributed by atoms with Crippen molar-refractivity contribution in [2.24, 2.45) is 4.99 Å². The van der Waals surface area contributed by atoms with Gasteiger partial charge in [-0.25, -0.2) is 4.99 Å². The van der Waals surface area contributed by atoms with Crippen LogP contribution in [-0.4, -0.2) is 16.3 Å². The normalized spacial score (nSPS) is 16.8. The van der Waals surface area contributed by atoms with E-state index >= 15 is 0 Å². The third-order valence-electron chi connectivity index (χ3n) is 6.55. The molecule has 4 aromatic rings. The highest BCUT2D eigenvalue weighted by molar-refractivity contribution is 7.07. The Kier molecular flexibility index (Phi) is 5.38. The maximum atomic E-state index is 13.7. The van der Waals surface area contributed by atoms with E-state index in [9.17, 15) is 9.90 Å². The molecule has 0 fully saturated rings. The Labute approximate surface area is 206 Å². The number of hydrogen-bond acceptors (Lipinski definition) is 5. The third kappa shape index (κ3) is 3.80. The summed E-state index contributed by atoms with van der Waals surface area (Å²) in [5.74, 6) is 0.988. The number of thiazole rings is 1. The van der Waals surface area contributed by atoms with Gasteiger partial charge in [-0.05, 0) is 72.4 Å². The first-order valence-electron chi connectivity index (χ1n) is 11.8. The van der Waals surface area contributed by atoms with Crippen LogP contribution in [0.15, 0.2) is 88.2 Å². The van der Waals surface area contributed by atoms with Gasteiger partial charge in [-0.1, -0.05) is 59.9 Å². The summed E-state index contributed by atoms with van der Waals surface area (Å²) in [7, 11) is 0. The second kappa shape index (κ2) is 8.71. The van der Waals surface area contributed by atoms with Crippen LogP contribution in [0.25, 0.3) is 11.8 Å². The molecule has 0 saturated heterocycles. The predicted octanol–water partition coefficient (Wildman–Crippen LogP) is 4.42. The van der Waals surface area contributed by atoms with Crippen LogP contribution in [0.3, 0.4) is 0 Å². The molecule has 1 N–H and O–H groups in total. The number of phenols is 1. The number of aromatic hydroxyl groups is 1. The van der Waals surface area contributed by atoms with Gasteiger partial charge in [0.2, 0.25) is 0 Å². The first-order chi connectivity index (χ1) is 17.1. The van der Waals surface area contributed by atoms with E-state index in [-0.39, 0.29) is 17.4 Å². The Hall–Kier alpha value is -3.90. The van der Waals surface area contributed by atoms with Crippen molar-refractivity contribution in [2.45, 2.75) is 25.8 Å². The van der Waals surface area contributed by atoms with Gasteiger partial charge in [0.1, 0.15) is 11.5 Å². The molecule has 35 heavy (non-hydrogen) atoms. The van der Waals surface area contributed by atoms with E-state index in [0.717, 1.165) is 41.0 Å². The maximum Gasteiger partial charge on any atom is 0.271 e. The van der Waals surface area contributed by atoms with Gasteiger partial charge >= 0.3 is 0 Å². The minimum absolute atomic E-state index is 0.0682. The average Bonchev–Trinajstić information content (AvgIpc) is 3.18. The molecule has 1 aliphatic carbocycles. The van der Waals surface area contributed by atoms with Crippen LogP contribution >= 0.6 is 11.3 Å². The smallest absolute Gasteiger partial charge is 0.271 e. The predicted molar refractivity (Wildman–Crippen MR) is 138 cm³/mol. The number of aromatic nitrogens is 1. The van der Waals surface area contributed by atoms with Crippen LogP contribution in [0.4, 0.5) is 0 Å². The summed E-state index contributed by atoms with van der Waals surface area (Å²) in [5, 5.41) is 9.87. The van der Waals surface area contributed by atoms with E-state index in [0.29, 0.717) is 15.9 Å². The number of hydrogen-bond donors (Lipinski definition) is 1. The van der Waals surface area contributed by atoms with Crippen molar-refractivity contribution in [1.29, 1.82) is 0 Å². The Morgan fingerprint density at radius 1 is 1.09 bits per heavy atom. The summed E-state index contributed by atoms with van der Waals surface area (Å²) in [6.45, 7) is 2.57. The summed E-state index contributed by atoms with van der Waals surface area (Å²) < 4.78 is 8.08. The summed E-state index contributed by atoms with van der Waals surface area (Å²) >= 11 is 1.39. The molecule has 0 bridgehead atoms. The van der Waals surface area contributed by atoms with Crippen LogP contribution in [0, 0.1) is 0 Å². The molecule has 0 saturated carbocycles. The topological polar surface area (TPSA) is 63.8 Å². The number of benzene rings is 3. The minimum Gasteiger partial charge on any atom is -0.508 e. The van der Waals surface area contributed by atoms with Crippen LogP contribution in [0.1, 0.15) is 41.6 Å². The van der Waals surface area contributed by atoms with Crippen molar-refractivity contribution in [3.63, 3.8) is 0 Å². The van der Waals surface area contributed by atoms with Gasteiger partial charge in [0, 0.05) is 5.56 Å². The second-order valence-corrected chi connectivity index (χ2v) is 9.72. The lowest BCUT2D eigenvalue weighted by Gasteiger charge is -2.30. The largest absolute Gasteiger partial charge is 0.508 e. The van der Waals surface area contributed by atoms with E-state index < -0.39 is 0 Å². The van der Waals surface area contributed by atoms with Crippen molar-refractivity contribution in [2.75, 3.05) is 6.61 Å². The quantitative estimate of drug-likeness (QED) is 0.470. The number of phenolic OH excluding ortho intramolecular Hbond substituents is 1. The fraction of sp³-hybridized carbons (Fsp3) is 0.172. The number of allylic oxidation sites excluding steroid dienone is 1. The molecule has 1 atom stereocenters. The second-order valence-electron chi connectivity index (χ2n) is 8.71. The molecule has 2 aliphatic rings. The van der Waals surface area contributed by atoms with Crippen molar-refractivity contribution < 1.29 is 9.84 Å². The van der Waals surface area contributed by atoms with Gasteiger partial charge in [0.15, 0.2) is 4.80 Å². The van der Waals surface area contributed by atoms with E-state index in [4.69, 9.17) is 9.73 Å². The Bertz CT molecular complexity index is 1640. The van der Waals surface area contributed by atoms with Gasteiger partial charge < -0.3 is 9.84 Å². The molecule has 1 aromatic heterocycles. The molecule has 1 aliphatic heterocycles. The summed E-state index contributed by atoms with van der Waals surface area (Å²) in [6, 6.07) is 23.2. The molecule has 174 valence electrons. The lowest BCUT2D eigenvalue weighted by Crippen LogP contribution is -2.38. The average molecular weight is 481 g/mol. The Balaban J connectivity index is 1.59. The van der Waals surface area contributed by atoms with Gasteiger partial charge in [0.25, 0.3) is 5.56 Å².